The van der Waals surface area contributed by atoms with Crippen LogP contribution >= 0.6 is 0 Å². The average Bonchev–Trinajstić information content (AvgIpc) is 2.40. The lowest BCUT2D eigenvalue weighted by molar-refractivity contribution is -0.120. The van der Waals surface area contributed by atoms with Gasteiger partial charge in [-0.05, 0) is 38.4 Å². The molecule has 0 fully saturated rings. The SMILES string of the molecule is CCC(C)(C)N(C)Cc1ccccc1CC(=O)NN. The van der Waals surface area contributed by atoms with Gasteiger partial charge in [-0.25, -0.2) is 5.84 Å². The third-order valence-corrected chi connectivity index (χ3v) is 3.94. The van der Waals surface area contributed by atoms with Gasteiger partial charge in [0.2, 0.25) is 5.91 Å². The van der Waals surface area contributed by atoms with Crippen molar-refractivity contribution in [2.75, 3.05) is 7.05 Å². The Morgan fingerprint density at radius 1 is 1.32 bits per heavy atom. The standard InChI is InChI=1S/C15H25N3O/c1-5-15(2,3)18(4)11-13-9-7-6-8-12(13)10-14(19)17-16/h6-9H,5,10-11,16H2,1-4H3,(H,17,19). The summed E-state index contributed by atoms with van der Waals surface area (Å²) in [5.41, 5.74) is 4.53. The first kappa shape index (κ1) is 15.7. The van der Waals surface area contributed by atoms with Crippen LogP contribution in [0.3, 0.4) is 0 Å². The maximum Gasteiger partial charge on any atom is 0.238 e. The second-order valence-electron chi connectivity index (χ2n) is 5.54. The fraction of sp³-hybridized carbons (Fsp3) is 0.533. The molecule has 1 rings (SSSR count). The van der Waals surface area contributed by atoms with Crippen LogP contribution in [0.2, 0.25) is 0 Å². The van der Waals surface area contributed by atoms with E-state index in [-0.39, 0.29) is 11.4 Å². The van der Waals surface area contributed by atoms with Gasteiger partial charge in [0, 0.05) is 12.1 Å². The molecule has 0 spiro atoms. The van der Waals surface area contributed by atoms with Crippen molar-refractivity contribution in [1.82, 2.24) is 10.3 Å². The van der Waals surface area contributed by atoms with Gasteiger partial charge in [0.25, 0.3) is 0 Å². The number of hydrogen-bond acceptors (Lipinski definition) is 3. The van der Waals surface area contributed by atoms with Crippen molar-refractivity contribution in [3.8, 4) is 0 Å². The summed E-state index contributed by atoms with van der Waals surface area (Å²) in [4.78, 5) is 13.7. The molecule has 0 aliphatic carbocycles. The molecule has 0 radical (unpaired) electrons. The molecule has 4 heteroatoms. The Kier molecular flexibility index (Phi) is 5.51. The van der Waals surface area contributed by atoms with Gasteiger partial charge >= 0.3 is 0 Å². The van der Waals surface area contributed by atoms with Gasteiger partial charge in [0.15, 0.2) is 0 Å². The highest BCUT2D eigenvalue weighted by Gasteiger charge is 2.21. The van der Waals surface area contributed by atoms with Crippen LogP contribution in [-0.4, -0.2) is 23.4 Å². The van der Waals surface area contributed by atoms with E-state index in [1.54, 1.807) is 0 Å². The lowest BCUT2D eigenvalue weighted by Crippen LogP contribution is -2.40. The molecule has 0 heterocycles. The summed E-state index contributed by atoms with van der Waals surface area (Å²) < 4.78 is 0. The summed E-state index contributed by atoms with van der Waals surface area (Å²) in [7, 11) is 2.11. The van der Waals surface area contributed by atoms with Crippen LogP contribution in [0.5, 0.6) is 0 Å². The summed E-state index contributed by atoms with van der Waals surface area (Å²) in [6.07, 6.45) is 1.40. The Labute approximate surface area is 115 Å². The zero-order chi connectivity index (χ0) is 14.5. The Morgan fingerprint density at radius 2 is 1.89 bits per heavy atom. The lowest BCUT2D eigenvalue weighted by Gasteiger charge is -2.35. The number of nitrogens with two attached hydrogens (primary N) is 1. The van der Waals surface area contributed by atoms with Crippen LogP contribution in [0.4, 0.5) is 0 Å². The van der Waals surface area contributed by atoms with Gasteiger partial charge in [-0.3, -0.25) is 15.1 Å². The number of rotatable bonds is 6. The van der Waals surface area contributed by atoms with E-state index in [1.165, 1.54) is 5.56 Å². The van der Waals surface area contributed by atoms with Gasteiger partial charge < -0.3 is 0 Å². The number of benzene rings is 1. The number of nitrogens with zero attached hydrogens (tertiary/aromatic N) is 1. The number of amides is 1. The highest BCUT2D eigenvalue weighted by Crippen LogP contribution is 2.21. The van der Waals surface area contributed by atoms with Crippen LogP contribution in [0.25, 0.3) is 0 Å². The number of nitrogens with one attached hydrogen (secondary N) is 1. The Bertz CT molecular complexity index is 429. The van der Waals surface area contributed by atoms with Gasteiger partial charge in [-0.2, -0.15) is 0 Å². The van der Waals surface area contributed by atoms with E-state index in [1.807, 2.05) is 18.2 Å². The highest BCUT2D eigenvalue weighted by atomic mass is 16.2. The molecular formula is C15H25N3O. The molecule has 0 saturated carbocycles. The number of hydrazine groups is 1. The molecule has 0 atom stereocenters. The number of carbonyl (C=O) groups excluding carboxylic acids is 1. The number of hydrogen-bond donors (Lipinski definition) is 2. The number of carbonyl (C=O) groups is 1. The molecule has 4 nitrogen and oxygen atoms in total. The Hall–Kier alpha value is -1.39. The smallest absolute Gasteiger partial charge is 0.238 e. The largest absolute Gasteiger partial charge is 0.297 e. The third-order valence-electron chi connectivity index (χ3n) is 3.94. The Morgan fingerprint density at radius 3 is 2.42 bits per heavy atom. The minimum Gasteiger partial charge on any atom is -0.297 e. The molecule has 1 aromatic rings. The van der Waals surface area contributed by atoms with E-state index >= 15 is 0 Å². The van der Waals surface area contributed by atoms with Crippen molar-refractivity contribution in [1.29, 1.82) is 0 Å². The fourth-order valence-electron chi connectivity index (χ4n) is 1.85. The predicted molar refractivity (Wildman–Crippen MR) is 78.3 cm³/mol. The minimum absolute atomic E-state index is 0.142. The molecular weight excluding hydrogens is 238 g/mol. The molecule has 0 aromatic heterocycles. The van der Waals surface area contributed by atoms with Crippen LogP contribution in [-0.2, 0) is 17.8 Å². The van der Waals surface area contributed by atoms with E-state index in [0.717, 1.165) is 18.5 Å². The first-order chi connectivity index (χ1) is 8.90. The molecule has 1 amide bonds. The van der Waals surface area contributed by atoms with Crippen LogP contribution in [0, 0.1) is 0 Å². The van der Waals surface area contributed by atoms with E-state index in [0.29, 0.717) is 6.42 Å². The summed E-state index contributed by atoms with van der Waals surface area (Å²) >= 11 is 0. The fourth-order valence-corrected chi connectivity index (χ4v) is 1.85. The summed E-state index contributed by atoms with van der Waals surface area (Å²) in [6, 6.07) is 8.01. The third kappa shape index (κ3) is 4.33. The molecule has 0 bridgehead atoms. The molecule has 3 N–H and O–H groups in total. The van der Waals surface area contributed by atoms with E-state index < -0.39 is 0 Å². The van der Waals surface area contributed by atoms with Crippen LogP contribution in [0.1, 0.15) is 38.3 Å². The summed E-state index contributed by atoms with van der Waals surface area (Å²) in [5.74, 6) is 4.99. The van der Waals surface area contributed by atoms with Crippen molar-refractivity contribution in [2.45, 2.75) is 45.7 Å². The normalized spacial score (nSPS) is 11.7. The first-order valence-electron chi connectivity index (χ1n) is 6.68. The summed E-state index contributed by atoms with van der Waals surface area (Å²) in [5, 5.41) is 0. The zero-order valence-electron chi connectivity index (χ0n) is 12.4. The molecule has 106 valence electrons. The monoisotopic (exact) mass is 263 g/mol. The minimum atomic E-state index is -0.162. The quantitative estimate of drug-likeness (QED) is 0.468. The van der Waals surface area contributed by atoms with Crippen molar-refractivity contribution in [2.24, 2.45) is 5.84 Å². The lowest BCUT2D eigenvalue weighted by atomic mass is 9.97. The van der Waals surface area contributed by atoms with Gasteiger partial charge in [0.05, 0.1) is 6.42 Å². The molecule has 1 aromatic carbocycles. The first-order valence-corrected chi connectivity index (χ1v) is 6.68. The van der Waals surface area contributed by atoms with Gasteiger partial charge in [-0.1, -0.05) is 31.2 Å². The van der Waals surface area contributed by atoms with Crippen molar-refractivity contribution in [3.63, 3.8) is 0 Å². The molecule has 0 aliphatic heterocycles. The second-order valence-corrected chi connectivity index (χ2v) is 5.54. The van der Waals surface area contributed by atoms with Gasteiger partial charge in [0.1, 0.15) is 0 Å². The molecule has 0 unspecified atom stereocenters. The average molecular weight is 263 g/mol. The predicted octanol–water partition coefficient (Wildman–Crippen LogP) is 1.84. The zero-order valence-corrected chi connectivity index (χ0v) is 12.4. The van der Waals surface area contributed by atoms with E-state index in [4.69, 9.17) is 5.84 Å². The van der Waals surface area contributed by atoms with Crippen LogP contribution in [0.15, 0.2) is 24.3 Å². The van der Waals surface area contributed by atoms with Crippen molar-refractivity contribution < 1.29 is 4.79 Å². The molecule has 19 heavy (non-hydrogen) atoms. The topological polar surface area (TPSA) is 58.4 Å². The van der Waals surface area contributed by atoms with E-state index in [2.05, 4.69) is 44.2 Å². The second kappa shape index (κ2) is 6.68. The maximum absolute atomic E-state index is 11.4. The molecule has 0 saturated heterocycles. The van der Waals surface area contributed by atoms with Crippen LogP contribution < -0.4 is 11.3 Å². The van der Waals surface area contributed by atoms with Crippen molar-refractivity contribution >= 4 is 5.91 Å². The highest BCUT2D eigenvalue weighted by molar-refractivity contribution is 5.78. The molecule has 0 aliphatic rings. The van der Waals surface area contributed by atoms with Crippen molar-refractivity contribution in [3.05, 3.63) is 35.4 Å². The summed E-state index contributed by atoms with van der Waals surface area (Å²) in [6.45, 7) is 7.46. The maximum atomic E-state index is 11.4. The van der Waals surface area contributed by atoms with E-state index in [9.17, 15) is 4.79 Å². The van der Waals surface area contributed by atoms with Gasteiger partial charge in [-0.15, -0.1) is 0 Å². The Balaban J connectivity index is 2.86.